The molecule has 0 aromatic heterocycles. The number of benzene rings is 2. The zero-order valence-electron chi connectivity index (χ0n) is 20.6. The van der Waals surface area contributed by atoms with E-state index < -0.39 is 12.1 Å². The molecule has 0 aliphatic carbocycles. The van der Waals surface area contributed by atoms with Crippen molar-refractivity contribution in [1.82, 2.24) is 4.90 Å². The average Bonchev–Trinajstić information content (AvgIpc) is 3.05. The standard InChI is InChI=1S/C26H30N8O3/c1-36-15-14-34-13-7-12-30-24(34)19(16-27)22(28)37-26(29)33-23-25(35)31-20-11-6-5-10-18(20)21(32-23)17-8-3-2-4-9-17/h2-6,8-11,16,23,27H,7,12-15,28H2,1H3,(H2,29,33)(H,31,35)/t23-/m1/s1. The topological polar surface area (TPSA) is 164 Å². The Balaban J connectivity index is 1.64. The van der Waals surface area contributed by atoms with Gasteiger partial charge in [-0.2, -0.15) is 4.99 Å². The van der Waals surface area contributed by atoms with E-state index in [-0.39, 0.29) is 17.5 Å². The first-order chi connectivity index (χ1) is 18.0. The number of fused-ring (bicyclic) bond motifs is 1. The second kappa shape index (κ2) is 12.0. The van der Waals surface area contributed by atoms with Gasteiger partial charge in [0.05, 0.1) is 23.6 Å². The molecule has 37 heavy (non-hydrogen) atoms. The maximum atomic E-state index is 13.0. The SMILES string of the molecule is COCCN1CCCN=C1C(C=N)=C(N)OC(N)=N[C@H]1N=C(c2ccccc2)c2ccccc2NC1=O. The summed E-state index contributed by atoms with van der Waals surface area (Å²) in [4.78, 5) is 28.3. The summed E-state index contributed by atoms with van der Waals surface area (Å²) >= 11 is 0. The van der Waals surface area contributed by atoms with Crippen LogP contribution in [0.4, 0.5) is 5.69 Å². The summed E-state index contributed by atoms with van der Waals surface area (Å²) in [6.45, 7) is 2.43. The van der Waals surface area contributed by atoms with E-state index in [9.17, 15) is 4.79 Å². The van der Waals surface area contributed by atoms with Crippen LogP contribution in [0.15, 0.2) is 81.0 Å². The normalized spacial score (nSPS) is 18.5. The van der Waals surface area contributed by atoms with Crippen LogP contribution >= 0.6 is 0 Å². The minimum absolute atomic E-state index is 0.149. The van der Waals surface area contributed by atoms with Crippen molar-refractivity contribution >= 4 is 35.4 Å². The number of carbonyl (C=O) groups excluding carboxylic acids is 1. The molecule has 192 valence electrons. The van der Waals surface area contributed by atoms with Crippen LogP contribution in [0.3, 0.4) is 0 Å². The van der Waals surface area contributed by atoms with Gasteiger partial charge in [0.2, 0.25) is 12.0 Å². The fraction of sp³-hybridized carbons (Fsp3) is 0.269. The van der Waals surface area contributed by atoms with Crippen molar-refractivity contribution in [3.63, 3.8) is 0 Å². The van der Waals surface area contributed by atoms with Crippen molar-refractivity contribution < 1.29 is 14.3 Å². The van der Waals surface area contributed by atoms with Crippen LogP contribution in [0.5, 0.6) is 0 Å². The van der Waals surface area contributed by atoms with Crippen molar-refractivity contribution in [2.45, 2.75) is 12.6 Å². The first-order valence-corrected chi connectivity index (χ1v) is 11.9. The van der Waals surface area contributed by atoms with E-state index >= 15 is 0 Å². The largest absolute Gasteiger partial charge is 0.409 e. The van der Waals surface area contributed by atoms with Crippen molar-refractivity contribution in [2.75, 3.05) is 38.7 Å². The monoisotopic (exact) mass is 502 g/mol. The lowest BCUT2D eigenvalue weighted by Crippen LogP contribution is -2.40. The van der Waals surface area contributed by atoms with E-state index in [0.29, 0.717) is 36.9 Å². The van der Waals surface area contributed by atoms with Crippen molar-refractivity contribution in [3.05, 3.63) is 77.2 Å². The molecule has 0 saturated heterocycles. The van der Waals surface area contributed by atoms with Crippen molar-refractivity contribution in [2.24, 2.45) is 26.4 Å². The summed E-state index contributed by atoms with van der Waals surface area (Å²) in [6.07, 6.45) is 0.723. The minimum Gasteiger partial charge on any atom is -0.409 e. The number of para-hydroxylation sites is 1. The maximum absolute atomic E-state index is 13.0. The lowest BCUT2D eigenvalue weighted by molar-refractivity contribution is -0.117. The number of anilines is 1. The van der Waals surface area contributed by atoms with E-state index in [1.807, 2.05) is 53.4 Å². The Morgan fingerprint density at radius 2 is 1.97 bits per heavy atom. The molecule has 0 saturated carbocycles. The van der Waals surface area contributed by atoms with Crippen molar-refractivity contribution in [1.29, 1.82) is 5.41 Å². The summed E-state index contributed by atoms with van der Waals surface area (Å²) in [5.41, 5.74) is 15.3. The molecule has 0 spiro atoms. The number of nitrogens with one attached hydrogen (secondary N) is 2. The van der Waals surface area contributed by atoms with Crippen LogP contribution in [0.1, 0.15) is 17.5 Å². The van der Waals surface area contributed by atoms with Crippen LogP contribution in [0, 0.1) is 5.41 Å². The highest BCUT2D eigenvalue weighted by atomic mass is 16.5. The molecular weight excluding hydrogens is 472 g/mol. The van der Waals surface area contributed by atoms with E-state index in [1.54, 1.807) is 13.2 Å². The summed E-state index contributed by atoms with van der Waals surface area (Å²) in [7, 11) is 1.62. The zero-order chi connectivity index (χ0) is 26.2. The van der Waals surface area contributed by atoms with Crippen LogP contribution < -0.4 is 16.8 Å². The molecule has 2 aromatic rings. The number of rotatable bonds is 8. The zero-order valence-corrected chi connectivity index (χ0v) is 20.6. The number of benzodiazepines with no additional fused rings is 1. The molecular formula is C26H30N8O3. The Hall–Kier alpha value is -4.51. The maximum Gasteiger partial charge on any atom is 0.291 e. The second-order valence-electron chi connectivity index (χ2n) is 8.28. The molecule has 2 aromatic carbocycles. The molecule has 0 radical (unpaired) electrons. The molecule has 0 fully saturated rings. The second-order valence-corrected chi connectivity index (χ2v) is 8.28. The first kappa shape index (κ1) is 25.6. The van der Waals surface area contributed by atoms with Gasteiger partial charge in [-0.1, -0.05) is 48.5 Å². The Morgan fingerprint density at radius 1 is 1.22 bits per heavy atom. The molecule has 6 N–H and O–H groups in total. The number of aliphatic imine (C=N–C) groups is 3. The fourth-order valence-electron chi connectivity index (χ4n) is 4.05. The average molecular weight is 503 g/mol. The fourth-order valence-corrected chi connectivity index (χ4v) is 4.05. The Kier molecular flexibility index (Phi) is 8.26. The summed E-state index contributed by atoms with van der Waals surface area (Å²) in [6, 6.07) is 16.5. The van der Waals surface area contributed by atoms with Gasteiger partial charge in [-0.05, 0) is 12.5 Å². The van der Waals surface area contributed by atoms with E-state index in [4.69, 9.17) is 26.4 Å². The number of carbonyl (C=O) groups is 1. The van der Waals surface area contributed by atoms with Gasteiger partial charge in [0.25, 0.3) is 11.9 Å². The highest BCUT2D eigenvalue weighted by molar-refractivity contribution is 6.19. The number of amidine groups is 2. The molecule has 2 aliphatic rings. The molecule has 0 unspecified atom stereocenters. The molecule has 11 heteroatoms. The van der Waals surface area contributed by atoms with E-state index in [2.05, 4.69) is 20.3 Å². The van der Waals surface area contributed by atoms with Gasteiger partial charge in [-0.15, -0.1) is 0 Å². The van der Waals surface area contributed by atoms with E-state index in [1.165, 1.54) is 0 Å². The summed E-state index contributed by atoms with van der Waals surface area (Å²) in [5, 5.41) is 10.8. The molecule has 1 amide bonds. The van der Waals surface area contributed by atoms with Crippen LogP contribution in [-0.2, 0) is 14.3 Å². The molecule has 11 nitrogen and oxygen atoms in total. The smallest absolute Gasteiger partial charge is 0.291 e. The van der Waals surface area contributed by atoms with Crippen LogP contribution in [0.25, 0.3) is 0 Å². The van der Waals surface area contributed by atoms with Gasteiger partial charge in [0.15, 0.2) is 0 Å². The number of nitrogens with zero attached hydrogens (tertiary/aromatic N) is 4. The van der Waals surface area contributed by atoms with E-state index in [0.717, 1.165) is 30.3 Å². The summed E-state index contributed by atoms with van der Waals surface area (Å²) < 4.78 is 10.7. The Morgan fingerprint density at radius 3 is 2.73 bits per heavy atom. The first-order valence-electron chi connectivity index (χ1n) is 11.9. The quantitative estimate of drug-likeness (QED) is 0.244. The van der Waals surface area contributed by atoms with Crippen molar-refractivity contribution in [3.8, 4) is 0 Å². The lowest BCUT2D eigenvalue weighted by atomic mass is 10.0. The predicted molar refractivity (Wildman–Crippen MR) is 144 cm³/mol. The summed E-state index contributed by atoms with van der Waals surface area (Å²) in [5.74, 6) is -0.0957. The highest BCUT2D eigenvalue weighted by Crippen LogP contribution is 2.24. The predicted octanol–water partition coefficient (Wildman–Crippen LogP) is 1.70. The molecule has 2 aliphatic heterocycles. The molecule has 1 atom stereocenters. The number of methoxy groups -OCH3 is 1. The van der Waals surface area contributed by atoms with Gasteiger partial charge in [-0.3, -0.25) is 9.79 Å². The van der Waals surface area contributed by atoms with Gasteiger partial charge in [0.1, 0.15) is 5.84 Å². The Bertz CT molecular complexity index is 1270. The third-order valence-corrected chi connectivity index (χ3v) is 5.80. The van der Waals surface area contributed by atoms with Crippen LogP contribution in [-0.4, -0.2) is 74.1 Å². The lowest BCUT2D eigenvalue weighted by Gasteiger charge is -2.29. The number of amides is 1. The Labute approximate surface area is 215 Å². The molecule has 0 bridgehead atoms. The number of ether oxygens (including phenoxy) is 2. The van der Waals surface area contributed by atoms with Gasteiger partial charge in [0, 0.05) is 44.1 Å². The highest BCUT2D eigenvalue weighted by Gasteiger charge is 2.26. The number of hydrogen-bond donors (Lipinski definition) is 4. The van der Waals surface area contributed by atoms with Gasteiger partial charge >= 0.3 is 0 Å². The third kappa shape index (κ3) is 6.01. The van der Waals surface area contributed by atoms with Gasteiger partial charge in [-0.25, -0.2) is 4.99 Å². The van der Waals surface area contributed by atoms with Gasteiger partial charge < -0.3 is 36.6 Å². The third-order valence-electron chi connectivity index (χ3n) is 5.80. The number of nitrogens with two attached hydrogens (primary N) is 2. The van der Waals surface area contributed by atoms with Crippen LogP contribution in [0.2, 0.25) is 0 Å². The minimum atomic E-state index is -1.22. The number of hydrogen-bond acceptors (Lipinski definition) is 9. The molecule has 4 rings (SSSR count). The molecule has 2 heterocycles.